The summed E-state index contributed by atoms with van der Waals surface area (Å²) in [4.78, 5) is 0. The van der Waals surface area contributed by atoms with Gasteiger partial charge < -0.3 is 0 Å². The summed E-state index contributed by atoms with van der Waals surface area (Å²) in [5.41, 5.74) is 7.32. The van der Waals surface area contributed by atoms with Gasteiger partial charge in [0, 0.05) is 0 Å². The summed E-state index contributed by atoms with van der Waals surface area (Å²) in [6.07, 6.45) is 0. The third-order valence-electron chi connectivity index (χ3n) is 15.5. The summed E-state index contributed by atoms with van der Waals surface area (Å²) >= 11 is 0. The Morgan fingerprint density at radius 1 is 0.176 bits per heavy atom. The van der Waals surface area contributed by atoms with Crippen molar-refractivity contribution in [2.75, 3.05) is 0 Å². The third-order valence-corrected chi connectivity index (χ3v) is 25.1. The van der Waals surface area contributed by atoms with Gasteiger partial charge in [-0.05, 0) is 113 Å². The lowest BCUT2D eigenvalue weighted by atomic mass is 9.84. The smallest absolute Gasteiger partial charge is 0.0623 e. The van der Waals surface area contributed by atoms with Crippen molar-refractivity contribution in [1.82, 2.24) is 0 Å². The molecule has 0 saturated heterocycles. The fourth-order valence-electron chi connectivity index (χ4n) is 12.4. The van der Waals surface area contributed by atoms with Gasteiger partial charge in [0.1, 0.15) is 0 Å². The third kappa shape index (κ3) is 7.49. The molecule has 13 aromatic rings. The van der Waals surface area contributed by atoms with Gasteiger partial charge in [-0.25, -0.2) is 0 Å². The Hall–Kier alpha value is -8.93. The van der Waals surface area contributed by atoms with Crippen LogP contribution in [0.5, 0.6) is 0 Å². The Labute approximate surface area is 436 Å². The minimum absolute atomic E-state index is 1.19. The number of hydrogen-bond acceptors (Lipinski definition) is 0. The van der Waals surface area contributed by atoms with Crippen LogP contribution in [0.15, 0.2) is 315 Å². The maximum Gasteiger partial charge on any atom is 0.179 e. The molecule has 0 amide bonds. The van der Waals surface area contributed by atoms with Gasteiger partial charge >= 0.3 is 0 Å². The van der Waals surface area contributed by atoms with Crippen molar-refractivity contribution in [3.8, 4) is 33.4 Å². The van der Waals surface area contributed by atoms with Crippen molar-refractivity contribution in [2.24, 2.45) is 0 Å². The molecule has 0 nitrogen and oxygen atoms in total. The maximum atomic E-state index is 2.61. The van der Waals surface area contributed by atoms with Gasteiger partial charge in [0.15, 0.2) is 16.1 Å². The van der Waals surface area contributed by atoms with E-state index in [9.17, 15) is 0 Å². The molecule has 348 valence electrons. The van der Waals surface area contributed by atoms with Crippen molar-refractivity contribution in [1.29, 1.82) is 0 Å². The lowest BCUT2D eigenvalue weighted by Gasteiger charge is -2.35. The highest BCUT2D eigenvalue weighted by Gasteiger charge is 2.43. The van der Waals surface area contributed by atoms with E-state index in [-0.39, 0.29) is 0 Å². The standard InChI is InChI=1S/C72H52Si2/c1-8-26-53(27-9-1)55-30-24-31-56(50-55)71-67-48-46-64(74(60-38-16-5-17-39-60,61-40-18-6-19-41-61)62-42-20-7-21-43-62)52-70(67)72(66-45-25-29-54-28-22-23-44-65(54)66)68-49-47-63(51-69(68)71)73(57-32-10-2-11-33-57,58-34-12-3-13-35-58)59-36-14-4-15-37-59/h1-52H. The molecule has 0 saturated carbocycles. The zero-order valence-electron chi connectivity index (χ0n) is 41.0. The average molecular weight is 973 g/mol. The first-order valence-corrected chi connectivity index (χ1v) is 29.7. The minimum atomic E-state index is -2.95. The van der Waals surface area contributed by atoms with Gasteiger partial charge in [0.2, 0.25) is 0 Å². The molecule has 74 heavy (non-hydrogen) atoms. The first-order valence-electron chi connectivity index (χ1n) is 25.7. The molecule has 0 N–H and O–H groups in total. The van der Waals surface area contributed by atoms with Gasteiger partial charge in [-0.1, -0.05) is 309 Å². The van der Waals surface area contributed by atoms with Crippen LogP contribution in [0, 0.1) is 0 Å². The van der Waals surface area contributed by atoms with Crippen LogP contribution in [-0.4, -0.2) is 16.1 Å². The van der Waals surface area contributed by atoms with E-state index in [0.717, 1.165) is 0 Å². The van der Waals surface area contributed by atoms with Gasteiger partial charge in [0.05, 0.1) is 0 Å². The summed E-state index contributed by atoms with van der Waals surface area (Å²) in [7, 11) is -5.91. The van der Waals surface area contributed by atoms with E-state index in [1.807, 2.05) is 0 Å². The molecule has 0 bridgehead atoms. The van der Waals surface area contributed by atoms with Gasteiger partial charge in [-0.2, -0.15) is 0 Å². The van der Waals surface area contributed by atoms with Crippen LogP contribution >= 0.6 is 0 Å². The maximum absolute atomic E-state index is 2.95. The molecule has 0 unspecified atom stereocenters. The molecule has 0 atom stereocenters. The van der Waals surface area contributed by atoms with Crippen LogP contribution in [0.25, 0.3) is 65.7 Å². The zero-order valence-corrected chi connectivity index (χ0v) is 43.0. The predicted molar refractivity (Wildman–Crippen MR) is 323 cm³/mol. The van der Waals surface area contributed by atoms with Crippen LogP contribution in [0.3, 0.4) is 0 Å². The molecule has 0 aliphatic carbocycles. The first kappa shape index (κ1) is 45.0. The van der Waals surface area contributed by atoms with Crippen molar-refractivity contribution in [2.45, 2.75) is 0 Å². The molecule has 0 fully saturated rings. The summed E-state index contributed by atoms with van der Waals surface area (Å²) in [5.74, 6) is 0. The number of rotatable bonds is 11. The lowest BCUT2D eigenvalue weighted by molar-refractivity contribution is 1.61. The largest absolute Gasteiger partial charge is 0.179 e. The number of hydrogen-bond donors (Lipinski definition) is 0. The summed E-state index contributed by atoms with van der Waals surface area (Å²) in [6.45, 7) is 0. The van der Waals surface area contributed by atoms with Crippen LogP contribution < -0.4 is 41.5 Å². The Kier molecular flexibility index (Phi) is 11.7. The van der Waals surface area contributed by atoms with Gasteiger partial charge in [-0.15, -0.1) is 0 Å². The van der Waals surface area contributed by atoms with Crippen molar-refractivity contribution in [3.63, 3.8) is 0 Å². The predicted octanol–water partition coefficient (Wildman–Crippen LogP) is 12.9. The molecule has 0 radical (unpaired) electrons. The fourth-order valence-corrected chi connectivity index (χ4v) is 21.9. The quantitative estimate of drug-likeness (QED) is 0.0688. The Balaban J connectivity index is 1.23. The highest BCUT2D eigenvalue weighted by Crippen LogP contribution is 2.46. The molecule has 2 heteroatoms. The SMILES string of the molecule is c1ccc(-c2cccc(-c3c4cc([Si](c5ccccc5)(c5ccccc5)c5ccccc5)ccc4c(-c4cccc5ccccc45)c4cc([Si](c5ccccc5)(c5ccccc5)c5ccccc5)ccc34)c2)cc1. The van der Waals surface area contributed by atoms with E-state index in [1.54, 1.807) is 0 Å². The van der Waals surface area contributed by atoms with E-state index in [1.165, 1.54) is 107 Å². The van der Waals surface area contributed by atoms with E-state index in [0.29, 0.717) is 0 Å². The normalized spacial score (nSPS) is 11.8. The second-order valence-electron chi connectivity index (χ2n) is 19.4. The number of fused-ring (bicyclic) bond motifs is 3. The second kappa shape index (κ2) is 19.2. The highest BCUT2D eigenvalue weighted by atomic mass is 28.3. The van der Waals surface area contributed by atoms with Crippen molar-refractivity contribution >= 4 is 90.0 Å². The molecule has 13 aromatic carbocycles. The molecule has 0 aliphatic rings. The number of benzene rings is 13. The van der Waals surface area contributed by atoms with E-state index in [4.69, 9.17) is 0 Å². The highest BCUT2D eigenvalue weighted by molar-refractivity contribution is 7.20. The monoisotopic (exact) mass is 972 g/mol. The Morgan fingerprint density at radius 3 is 0.973 bits per heavy atom. The van der Waals surface area contributed by atoms with E-state index >= 15 is 0 Å². The zero-order chi connectivity index (χ0) is 49.3. The summed E-state index contributed by atoms with van der Waals surface area (Å²) < 4.78 is 0. The topological polar surface area (TPSA) is 0 Å². The van der Waals surface area contributed by atoms with Crippen molar-refractivity contribution in [3.05, 3.63) is 315 Å². The van der Waals surface area contributed by atoms with Gasteiger partial charge in [0.25, 0.3) is 0 Å². The molecular weight excluding hydrogens is 921 g/mol. The van der Waals surface area contributed by atoms with Crippen LogP contribution in [0.1, 0.15) is 0 Å². The first-order chi connectivity index (χ1) is 36.7. The lowest BCUT2D eigenvalue weighted by Crippen LogP contribution is -2.74. The van der Waals surface area contributed by atoms with Crippen LogP contribution in [-0.2, 0) is 0 Å². The van der Waals surface area contributed by atoms with Crippen LogP contribution in [0.2, 0.25) is 0 Å². The molecule has 0 aliphatic heterocycles. The molecular formula is C72H52Si2. The van der Waals surface area contributed by atoms with Crippen LogP contribution in [0.4, 0.5) is 0 Å². The second-order valence-corrected chi connectivity index (χ2v) is 27.1. The summed E-state index contributed by atoms with van der Waals surface area (Å²) in [6, 6.07) is 119. The van der Waals surface area contributed by atoms with E-state index < -0.39 is 16.1 Å². The Morgan fingerprint density at radius 2 is 0.514 bits per heavy atom. The van der Waals surface area contributed by atoms with Crippen molar-refractivity contribution < 1.29 is 0 Å². The summed E-state index contributed by atoms with van der Waals surface area (Å²) in [5, 5.41) is 18.2. The molecule has 0 spiro atoms. The average Bonchev–Trinajstić information content (AvgIpc) is 3.49. The molecule has 0 heterocycles. The minimum Gasteiger partial charge on any atom is -0.0623 e. The fraction of sp³-hybridized carbons (Fsp3) is 0. The van der Waals surface area contributed by atoms with E-state index in [2.05, 4.69) is 315 Å². The molecule has 0 aromatic heterocycles. The molecule has 13 rings (SSSR count). The van der Waals surface area contributed by atoms with Gasteiger partial charge in [-0.3, -0.25) is 0 Å². The Bertz CT molecular complexity index is 3890.